The summed E-state index contributed by atoms with van der Waals surface area (Å²) in [6, 6.07) is 14.6. The minimum absolute atomic E-state index is 0.250. The fourth-order valence-electron chi connectivity index (χ4n) is 5.71. The van der Waals surface area contributed by atoms with Crippen LogP contribution in [0.5, 0.6) is 0 Å². The van der Waals surface area contributed by atoms with Crippen LogP contribution in [-0.2, 0) is 5.41 Å². The van der Waals surface area contributed by atoms with Gasteiger partial charge in [0.15, 0.2) is 11.6 Å². The fourth-order valence-corrected chi connectivity index (χ4v) is 5.71. The maximum atomic E-state index is 10.3. The van der Waals surface area contributed by atoms with Crippen LogP contribution in [0.15, 0.2) is 59.0 Å². The molecule has 234 valence electrons. The molecule has 0 bridgehead atoms. The molecule has 0 aliphatic heterocycles. The summed E-state index contributed by atoms with van der Waals surface area (Å²) in [4.78, 5) is 13.8. The van der Waals surface area contributed by atoms with Gasteiger partial charge in [-0.15, -0.1) is 10.2 Å². The van der Waals surface area contributed by atoms with Gasteiger partial charge in [0.25, 0.3) is 5.95 Å². The van der Waals surface area contributed by atoms with E-state index in [1.54, 1.807) is 18.5 Å². The smallest absolute Gasteiger partial charge is 0.252 e. The number of nitrogens with one attached hydrogen (secondary N) is 2. The van der Waals surface area contributed by atoms with E-state index in [1.165, 1.54) is 15.8 Å². The molecule has 0 aliphatic rings. The Hall–Kier alpha value is -5.43. The molecule has 10 heteroatoms. The van der Waals surface area contributed by atoms with Gasteiger partial charge in [-0.25, -0.2) is 15.0 Å². The SMILES string of the molecule is Cc1cc(C)c(Nc2cc(C)c(N=Nc3c(C#N)c(C(C)(C)C)nn3-c3ncccn3)c(Nc3c(C)cc(C)cc3C)n2)c(C)c1. The van der Waals surface area contributed by atoms with Gasteiger partial charge >= 0.3 is 0 Å². The molecule has 5 rings (SSSR count). The first-order valence-corrected chi connectivity index (χ1v) is 15.2. The number of rotatable bonds is 7. The first kappa shape index (κ1) is 32.0. The molecule has 2 aromatic carbocycles. The molecule has 3 heterocycles. The Bertz CT molecular complexity index is 1960. The molecule has 2 N–H and O–H groups in total. The Labute approximate surface area is 270 Å². The molecule has 0 atom stereocenters. The van der Waals surface area contributed by atoms with Crippen LogP contribution in [0.25, 0.3) is 5.95 Å². The Balaban J connectivity index is 1.69. The number of benzene rings is 2. The Morgan fingerprint density at radius 3 is 1.80 bits per heavy atom. The van der Waals surface area contributed by atoms with E-state index < -0.39 is 5.41 Å². The third kappa shape index (κ3) is 6.49. The van der Waals surface area contributed by atoms with E-state index in [0.29, 0.717) is 34.5 Å². The molecule has 0 fully saturated rings. The van der Waals surface area contributed by atoms with Gasteiger partial charge in [-0.1, -0.05) is 56.2 Å². The Kier molecular flexibility index (Phi) is 8.70. The molecule has 0 saturated heterocycles. The highest BCUT2D eigenvalue weighted by Crippen LogP contribution is 2.38. The Morgan fingerprint density at radius 1 is 0.739 bits per heavy atom. The summed E-state index contributed by atoms with van der Waals surface area (Å²) in [6.45, 7) is 20.5. The van der Waals surface area contributed by atoms with Gasteiger partial charge in [0.1, 0.15) is 23.1 Å². The molecule has 0 saturated carbocycles. The highest BCUT2D eigenvalue weighted by Gasteiger charge is 2.29. The van der Waals surface area contributed by atoms with Crippen LogP contribution in [0.1, 0.15) is 71.0 Å². The number of aryl methyl sites for hydroxylation is 7. The third-order valence-corrected chi connectivity index (χ3v) is 7.70. The summed E-state index contributed by atoms with van der Waals surface area (Å²) in [6.07, 6.45) is 3.25. The van der Waals surface area contributed by atoms with Crippen LogP contribution < -0.4 is 10.6 Å². The van der Waals surface area contributed by atoms with Crippen molar-refractivity contribution < 1.29 is 0 Å². The van der Waals surface area contributed by atoms with Crippen LogP contribution in [0.2, 0.25) is 0 Å². The van der Waals surface area contributed by atoms with Gasteiger partial charge < -0.3 is 10.6 Å². The van der Waals surface area contributed by atoms with Crippen molar-refractivity contribution in [2.75, 3.05) is 10.6 Å². The lowest BCUT2D eigenvalue weighted by Crippen LogP contribution is -2.14. The van der Waals surface area contributed by atoms with Crippen molar-refractivity contribution in [3.8, 4) is 12.0 Å². The van der Waals surface area contributed by atoms with Gasteiger partial charge in [-0.05, 0) is 88.4 Å². The first-order chi connectivity index (χ1) is 21.8. The van der Waals surface area contributed by atoms with E-state index in [2.05, 4.69) is 97.6 Å². The van der Waals surface area contributed by atoms with Crippen molar-refractivity contribution >= 4 is 34.5 Å². The van der Waals surface area contributed by atoms with Gasteiger partial charge in [0, 0.05) is 29.2 Å². The van der Waals surface area contributed by atoms with E-state index in [1.807, 2.05) is 33.8 Å². The minimum Gasteiger partial charge on any atom is -0.340 e. The number of anilines is 4. The lowest BCUT2D eigenvalue weighted by Gasteiger charge is -2.18. The normalized spacial score (nSPS) is 11.6. The quantitative estimate of drug-likeness (QED) is 0.175. The van der Waals surface area contributed by atoms with Crippen LogP contribution in [0.4, 0.5) is 34.5 Å². The van der Waals surface area contributed by atoms with Gasteiger partial charge in [-0.2, -0.15) is 15.0 Å². The predicted molar refractivity (Wildman–Crippen MR) is 184 cm³/mol. The average Bonchev–Trinajstić information content (AvgIpc) is 3.36. The zero-order valence-electron chi connectivity index (χ0n) is 28.2. The van der Waals surface area contributed by atoms with E-state index >= 15 is 0 Å². The van der Waals surface area contributed by atoms with Crippen molar-refractivity contribution in [2.45, 2.75) is 74.7 Å². The van der Waals surface area contributed by atoms with Crippen molar-refractivity contribution in [3.05, 3.63) is 99.0 Å². The first-order valence-electron chi connectivity index (χ1n) is 15.2. The van der Waals surface area contributed by atoms with Gasteiger partial charge in [0.2, 0.25) is 0 Å². The van der Waals surface area contributed by atoms with Crippen molar-refractivity contribution in [1.29, 1.82) is 5.26 Å². The summed E-state index contributed by atoms with van der Waals surface area (Å²) in [5, 5.41) is 31.5. The Morgan fingerprint density at radius 2 is 1.28 bits per heavy atom. The maximum Gasteiger partial charge on any atom is 0.252 e. The average molecular weight is 613 g/mol. The zero-order chi connectivity index (χ0) is 33.3. The molecular weight excluding hydrogens is 572 g/mol. The second kappa shape index (κ2) is 12.5. The topological polar surface area (TPSA) is 129 Å². The van der Waals surface area contributed by atoms with E-state index in [9.17, 15) is 5.26 Å². The molecule has 0 amide bonds. The molecule has 10 nitrogen and oxygen atoms in total. The number of pyridine rings is 1. The summed E-state index contributed by atoms with van der Waals surface area (Å²) in [5.41, 5.74) is 10.6. The second-order valence-electron chi connectivity index (χ2n) is 12.9. The van der Waals surface area contributed by atoms with Crippen molar-refractivity contribution in [1.82, 2.24) is 24.7 Å². The number of aromatic nitrogens is 5. The highest BCUT2D eigenvalue weighted by molar-refractivity contribution is 5.77. The monoisotopic (exact) mass is 612 g/mol. The van der Waals surface area contributed by atoms with Gasteiger partial charge in [-0.3, -0.25) is 0 Å². The van der Waals surface area contributed by atoms with Crippen LogP contribution >= 0.6 is 0 Å². The van der Waals surface area contributed by atoms with E-state index in [0.717, 1.165) is 39.2 Å². The molecule has 0 unspecified atom stereocenters. The summed E-state index contributed by atoms with van der Waals surface area (Å²) < 4.78 is 1.48. The molecular formula is C36H40N10. The minimum atomic E-state index is -0.431. The van der Waals surface area contributed by atoms with Crippen LogP contribution in [0.3, 0.4) is 0 Å². The lowest BCUT2D eigenvalue weighted by atomic mass is 9.90. The van der Waals surface area contributed by atoms with E-state index in [-0.39, 0.29) is 5.82 Å². The number of hydrogen-bond acceptors (Lipinski definition) is 9. The molecule has 5 aromatic rings. The standard InChI is InChI=1S/C36H40N10/c1-20-14-22(3)29(23(4)15-20)40-28-18-26(7)31(33(41-28)42-30-24(5)16-21(2)17-25(30)6)43-44-34-27(19-37)32(36(8,9)10)45-46(34)35-38-12-11-13-39-35/h11-18H,1-10H3,(H2,40,41,42). The maximum absolute atomic E-state index is 10.3. The summed E-state index contributed by atoms with van der Waals surface area (Å²) in [5.74, 6) is 1.75. The second-order valence-corrected chi connectivity index (χ2v) is 12.9. The summed E-state index contributed by atoms with van der Waals surface area (Å²) in [7, 11) is 0. The third-order valence-electron chi connectivity index (χ3n) is 7.70. The van der Waals surface area contributed by atoms with Gasteiger partial charge in [0.05, 0.1) is 5.69 Å². The number of nitriles is 1. The molecule has 0 radical (unpaired) electrons. The van der Waals surface area contributed by atoms with Crippen LogP contribution in [0, 0.1) is 59.8 Å². The van der Waals surface area contributed by atoms with Crippen LogP contribution in [-0.4, -0.2) is 24.7 Å². The highest BCUT2D eigenvalue weighted by atomic mass is 15.4. The van der Waals surface area contributed by atoms with Crippen molar-refractivity contribution in [3.63, 3.8) is 0 Å². The number of hydrogen-bond donors (Lipinski definition) is 2. The molecule has 0 spiro atoms. The molecule has 46 heavy (non-hydrogen) atoms. The number of nitrogens with zero attached hydrogens (tertiary/aromatic N) is 8. The van der Waals surface area contributed by atoms with Crippen molar-refractivity contribution in [2.24, 2.45) is 10.2 Å². The number of azo groups is 1. The zero-order valence-corrected chi connectivity index (χ0v) is 28.2. The fraction of sp³-hybridized carbons (Fsp3) is 0.306. The largest absolute Gasteiger partial charge is 0.340 e. The van der Waals surface area contributed by atoms with E-state index in [4.69, 9.17) is 15.2 Å². The molecule has 0 aliphatic carbocycles. The molecule has 3 aromatic heterocycles. The summed E-state index contributed by atoms with van der Waals surface area (Å²) >= 11 is 0. The predicted octanol–water partition coefficient (Wildman–Crippen LogP) is 9.29. The lowest BCUT2D eigenvalue weighted by molar-refractivity contribution is 0.557.